The molecule has 1 saturated heterocycles. The SMILES string of the molecule is Cc1cc(NC(=O)c2c(C)c(C(=O)C(=O)NCCN3CCC(O)CC3)n(C)c2C)ccc1F. The van der Waals surface area contributed by atoms with Crippen molar-refractivity contribution >= 4 is 23.3 Å². The van der Waals surface area contributed by atoms with Crippen molar-refractivity contribution in [3.63, 3.8) is 0 Å². The summed E-state index contributed by atoms with van der Waals surface area (Å²) < 4.78 is 15.1. The maximum Gasteiger partial charge on any atom is 0.294 e. The number of piperidine rings is 1. The third-order valence-electron chi connectivity index (χ3n) is 6.27. The molecule has 0 spiro atoms. The fraction of sp³-hybridized carbons (Fsp3) is 0.458. The highest BCUT2D eigenvalue weighted by atomic mass is 19.1. The van der Waals surface area contributed by atoms with Gasteiger partial charge in [-0.15, -0.1) is 0 Å². The van der Waals surface area contributed by atoms with Crippen LogP contribution in [-0.2, 0) is 11.8 Å². The Labute approximate surface area is 192 Å². The zero-order chi connectivity index (χ0) is 24.3. The lowest BCUT2D eigenvalue weighted by molar-refractivity contribution is -0.117. The lowest BCUT2D eigenvalue weighted by Crippen LogP contribution is -2.42. The van der Waals surface area contributed by atoms with Gasteiger partial charge in [0.25, 0.3) is 17.6 Å². The minimum atomic E-state index is -0.725. The molecular formula is C24H31FN4O4. The van der Waals surface area contributed by atoms with E-state index in [1.165, 1.54) is 18.2 Å². The molecule has 1 fully saturated rings. The molecule has 2 heterocycles. The van der Waals surface area contributed by atoms with E-state index < -0.39 is 17.6 Å². The fourth-order valence-corrected chi connectivity index (χ4v) is 4.21. The largest absolute Gasteiger partial charge is 0.393 e. The standard InChI is InChI=1S/C24H31FN4O4/c1-14-13-17(5-6-19(14)25)27-23(32)20-15(2)21(28(4)16(20)3)22(31)24(33)26-9-12-29-10-7-18(30)8-11-29/h5-6,13,18,30H,7-12H2,1-4H3,(H,26,33)(H,27,32). The molecule has 178 valence electrons. The summed E-state index contributed by atoms with van der Waals surface area (Å²) in [7, 11) is 1.64. The van der Waals surface area contributed by atoms with Crippen LogP contribution in [0.25, 0.3) is 0 Å². The normalized spacial score (nSPS) is 14.8. The molecule has 0 atom stereocenters. The van der Waals surface area contributed by atoms with Crippen LogP contribution in [0.3, 0.4) is 0 Å². The van der Waals surface area contributed by atoms with Crippen LogP contribution in [0.2, 0.25) is 0 Å². The lowest BCUT2D eigenvalue weighted by Gasteiger charge is -2.29. The quantitative estimate of drug-likeness (QED) is 0.436. The highest BCUT2D eigenvalue weighted by Crippen LogP contribution is 2.24. The number of aliphatic hydroxyl groups excluding tert-OH is 1. The molecule has 3 N–H and O–H groups in total. The molecular weight excluding hydrogens is 427 g/mol. The van der Waals surface area contributed by atoms with Gasteiger partial charge in [-0.3, -0.25) is 14.4 Å². The van der Waals surface area contributed by atoms with Gasteiger partial charge < -0.3 is 25.2 Å². The Bertz CT molecular complexity index is 1070. The summed E-state index contributed by atoms with van der Waals surface area (Å²) in [5.41, 5.74) is 2.28. The number of ketones is 1. The number of amides is 2. The molecule has 1 aliphatic heterocycles. The van der Waals surface area contributed by atoms with E-state index in [1.54, 1.807) is 32.4 Å². The molecule has 8 nitrogen and oxygen atoms in total. The molecule has 2 aromatic rings. The van der Waals surface area contributed by atoms with E-state index in [4.69, 9.17) is 0 Å². The maximum absolute atomic E-state index is 13.5. The Balaban J connectivity index is 1.68. The number of carbonyl (C=O) groups excluding carboxylic acids is 3. The van der Waals surface area contributed by atoms with E-state index in [0.29, 0.717) is 54.0 Å². The Morgan fingerprint density at radius 2 is 1.82 bits per heavy atom. The van der Waals surface area contributed by atoms with Gasteiger partial charge in [-0.1, -0.05) is 0 Å². The zero-order valence-corrected chi connectivity index (χ0v) is 19.5. The number of carbonyl (C=O) groups is 3. The second kappa shape index (κ2) is 10.3. The summed E-state index contributed by atoms with van der Waals surface area (Å²) in [4.78, 5) is 40.5. The minimum absolute atomic E-state index is 0.159. The monoisotopic (exact) mass is 458 g/mol. The molecule has 0 unspecified atom stereocenters. The van der Waals surface area contributed by atoms with Crippen molar-refractivity contribution in [1.29, 1.82) is 0 Å². The second-order valence-electron chi connectivity index (χ2n) is 8.57. The number of nitrogens with one attached hydrogen (secondary N) is 2. The molecule has 0 aliphatic carbocycles. The van der Waals surface area contributed by atoms with Gasteiger partial charge in [0, 0.05) is 44.6 Å². The van der Waals surface area contributed by atoms with E-state index in [0.717, 1.165) is 13.1 Å². The van der Waals surface area contributed by atoms with Gasteiger partial charge in [0.15, 0.2) is 0 Å². The van der Waals surface area contributed by atoms with Gasteiger partial charge in [0.2, 0.25) is 0 Å². The van der Waals surface area contributed by atoms with Crippen molar-refractivity contribution < 1.29 is 23.9 Å². The van der Waals surface area contributed by atoms with Crippen LogP contribution in [0.5, 0.6) is 0 Å². The molecule has 3 rings (SSSR count). The van der Waals surface area contributed by atoms with Crippen LogP contribution in [0.4, 0.5) is 10.1 Å². The average Bonchev–Trinajstić information content (AvgIpc) is 2.99. The number of nitrogens with zero attached hydrogens (tertiary/aromatic N) is 2. The van der Waals surface area contributed by atoms with Crippen molar-refractivity contribution in [2.24, 2.45) is 7.05 Å². The molecule has 9 heteroatoms. The van der Waals surface area contributed by atoms with Crippen LogP contribution in [-0.4, -0.2) is 64.5 Å². The third kappa shape index (κ3) is 5.48. The van der Waals surface area contributed by atoms with E-state index >= 15 is 0 Å². The first-order valence-electron chi connectivity index (χ1n) is 11.1. The Hall–Kier alpha value is -3.04. The number of likely N-dealkylation sites (tertiary alicyclic amines) is 1. The fourth-order valence-electron chi connectivity index (χ4n) is 4.21. The predicted octanol–water partition coefficient (Wildman–Crippen LogP) is 2.10. The first-order valence-corrected chi connectivity index (χ1v) is 11.1. The minimum Gasteiger partial charge on any atom is -0.393 e. The van der Waals surface area contributed by atoms with Gasteiger partial charge in [-0.05, 0) is 62.9 Å². The smallest absolute Gasteiger partial charge is 0.294 e. The zero-order valence-electron chi connectivity index (χ0n) is 19.5. The molecule has 0 saturated carbocycles. The number of Topliss-reactive ketones (excluding diaryl/α,β-unsaturated/α-hetero) is 1. The van der Waals surface area contributed by atoms with Crippen molar-refractivity contribution in [2.45, 2.75) is 39.7 Å². The molecule has 1 aliphatic rings. The first-order chi connectivity index (χ1) is 15.6. The molecule has 1 aromatic heterocycles. The van der Waals surface area contributed by atoms with Crippen molar-refractivity contribution in [3.8, 4) is 0 Å². The maximum atomic E-state index is 13.5. The Kier molecular flexibility index (Phi) is 7.65. The summed E-state index contributed by atoms with van der Waals surface area (Å²) in [5, 5.41) is 15.0. The predicted molar refractivity (Wildman–Crippen MR) is 123 cm³/mol. The molecule has 2 amide bonds. The van der Waals surface area contributed by atoms with Crippen LogP contribution in [0, 0.1) is 26.6 Å². The van der Waals surface area contributed by atoms with E-state index in [9.17, 15) is 23.9 Å². The summed E-state index contributed by atoms with van der Waals surface area (Å²) in [6.45, 7) is 7.38. The van der Waals surface area contributed by atoms with Crippen LogP contribution < -0.4 is 10.6 Å². The summed E-state index contributed by atoms with van der Waals surface area (Å²) in [6.07, 6.45) is 1.15. The van der Waals surface area contributed by atoms with E-state index in [-0.39, 0.29) is 17.6 Å². The van der Waals surface area contributed by atoms with Gasteiger partial charge >= 0.3 is 0 Å². The summed E-state index contributed by atoms with van der Waals surface area (Å²) in [5.74, 6) is -2.23. The number of hydrogen-bond acceptors (Lipinski definition) is 5. The highest BCUT2D eigenvalue weighted by molar-refractivity contribution is 6.43. The number of aryl methyl sites for hydroxylation is 1. The van der Waals surface area contributed by atoms with Crippen molar-refractivity contribution in [3.05, 3.63) is 52.1 Å². The van der Waals surface area contributed by atoms with E-state index in [2.05, 4.69) is 15.5 Å². The lowest BCUT2D eigenvalue weighted by atomic mass is 10.1. The van der Waals surface area contributed by atoms with Crippen LogP contribution >= 0.6 is 0 Å². The van der Waals surface area contributed by atoms with Gasteiger partial charge in [0.05, 0.1) is 17.4 Å². The Morgan fingerprint density at radius 1 is 1.15 bits per heavy atom. The summed E-state index contributed by atoms with van der Waals surface area (Å²) in [6, 6.07) is 4.28. The second-order valence-corrected chi connectivity index (χ2v) is 8.57. The first kappa shape index (κ1) is 24.6. The average molecular weight is 459 g/mol. The number of aliphatic hydroxyl groups is 1. The van der Waals surface area contributed by atoms with Gasteiger partial charge in [-0.25, -0.2) is 4.39 Å². The number of hydrogen-bond donors (Lipinski definition) is 3. The number of benzene rings is 1. The molecule has 0 bridgehead atoms. The molecule has 33 heavy (non-hydrogen) atoms. The Morgan fingerprint density at radius 3 is 2.45 bits per heavy atom. The summed E-state index contributed by atoms with van der Waals surface area (Å²) >= 11 is 0. The topological polar surface area (TPSA) is 104 Å². The third-order valence-corrected chi connectivity index (χ3v) is 6.27. The van der Waals surface area contributed by atoms with Crippen LogP contribution in [0.15, 0.2) is 18.2 Å². The van der Waals surface area contributed by atoms with Gasteiger partial charge in [0.1, 0.15) is 5.82 Å². The van der Waals surface area contributed by atoms with Gasteiger partial charge in [-0.2, -0.15) is 0 Å². The van der Waals surface area contributed by atoms with Crippen molar-refractivity contribution in [1.82, 2.24) is 14.8 Å². The number of anilines is 1. The molecule has 1 aromatic carbocycles. The number of rotatable bonds is 7. The molecule has 0 radical (unpaired) electrons. The van der Waals surface area contributed by atoms with Crippen molar-refractivity contribution in [2.75, 3.05) is 31.5 Å². The number of halogens is 1. The number of aromatic nitrogens is 1. The van der Waals surface area contributed by atoms with E-state index in [1.807, 2.05) is 0 Å². The van der Waals surface area contributed by atoms with Crippen LogP contribution in [0.1, 0.15) is 50.5 Å². The highest BCUT2D eigenvalue weighted by Gasteiger charge is 2.28.